The normalized spacial score (nSPS) is 12.3. The van der Waals surface area contributed by atoms with E-state index in [1.807, 2.05) is 11.5 Å². The van der Waals surface area contributed by atoms with E-state index in [1.165, 1.54) is 0 Å². The van der Waals surface area contributed by atoms with Gasteiger partial charge in [0.05, 0.1) is 17.7 Å². The molecular formula is C12H16ClN5O2. The zero-order valence-electron chi connectivity index (χ0n) is 11.3. The highest BCUT2D eigenvalue weighted by atomic mass is 35.5. The fourth-order valence-corrected chi connectivity index (χ4v) is 1.96. The predicted molar refractivity (Wildman–Crippen MR) is 73.6 cm³/mol. The summed E-state index contributed by atoms with van der Waals surface area (Å²) in [4.78, 5) is 14.8. The predicted octanol–water partition coefficient (Wildman–Crippen LogP) is 1.40. The highest BCUT2D eigenvalue weighted by Crippen LogP contribution is 2.12. The number of rotatable bonds is 6. The molecule has 2 aromatic heterocycles. The summed E-state index contributed by atoms with van der Waals surface area (Å²) in [7, 11) is 1.63. The number of aromatic amines is 1. The van der Waals surface area contributed by atoms with Gasteiger partial charge >= 0.3 is 0 Å². The fourth-order valence-electron chi connectivity index (χ4n) is 1.80. The van der Waals surface area contributed by atoms with Crippen molar-refractivity contribution >= 4 is 17.5 Å². The number of carbonyl (C=O) groups excluding carboxylic acids is 1. The molecule has 0 aromatic carbocycles. The van der Waals surface area contributed by atoms with Crippen LogP contribution in [0.15, 0.2) is 18.6 Å². The van der Waals surface area contributed by atoms with Crippen LogP contribution in [0.5, 0.6) is 0 Å². The highest BCUT2D eigenvalue weighted by molar-refractivity contribution is 6.30. The van der Waals surface area contributed by atoms with E-state index in [0.29, 0.717) is 29.7 Å². The van der Waals surface area contributed by atoms with E-state index in [-0.39, 0.29) is 11.9 Å². The first kappa shape index (κ1) is 14.5. The second-order valence-corrected chi connectivity index (χ2v) is 4.74. The van der Waals surface area contributed by atoms with Crippen molar-refractivity contribution in [3.8, 4) is 0 Å². The molecule has 0 aliphatic carbocycles. The third-order valence-corrected chi connectivity index (χ3v) is 3.03. The number of aromatic nitrogens is 4. The Hall–Kier alpha value is -1.86. The molecule has 7 nitrogen and oxygen atoms in total. The van der Waals surface area contributed by atoms with Crippen LogP contribution in [0.2, 0.25) is 5.02 Å². The Balaban J connectivity index is 2.02. The Bertz CT molecular complexity index is 580. The van der Waals surface area contributed by atoms with Crippen LogP contribution in [0.25, 0.3) is 0 Å². The van der Waals surface area contributed by atoms with Crippen molar-refractivity contribution < 1.29 is 9.53 Å². The highest BCUT2D eigenvalue weighted by Gasteiger charge is 2.17. The van der Waals surface area contributed by atoms with E-state index in [9.17, 15) is 4.79 Å². The number of nitrogens with one attached hydrogen (secondary N) is 2. The lowest BCUT2D eigenvalue weighted by molar-refractivity contribution is 0.0932. The summed E-state index contributed by atoms with van der Waals surface area (Å²) in [5.41, 5.74) is 0.407. The van der Waals surface area contributed by atoms with Gasteiger partial charge < -0.3 is 19.6 Å². The smallest absolute Gasteiger partial charge is 0.268 e. The molecule has 1 amide bonds. The molecule has 1 atom stereocenters. The summed E-state index contributed by atoms with van der Waals surface area (Å²) >= 11 is 5.77. The van der Waals surface area contributed by atoms with Crippen molar-refractivity contribution in [1.82, 2.24) is 25.1 Å². The Morgan fingerprint density at radius 3 is 3.10 bits per heavy atom. The number of nitrogens with zero attached hydrogens (tertiary/aromatic N) is 3. The number of ether oxygens (including phenoxy) is 1. The van der Waals surface area contributed by atoms with Gasteiger partial charge in [0, 0.05) is 19.9 Å². The van der Waals surface area contributed by atoms with Gasteiger partial charge in [-0.1, -0.05) is 11.6 Å². The van der Waals surface area contributed by atoms with Crippen LogP contribution in [0.4, 0.5) is 0 Å². The van der Waals surface area contributed by atoms with E-state index in [4.69, 9.17) is 16.3 Å². The van der Waals surface area contributed by atoms with Crippen LogP contribution in [0.1, 0.15) is 29.3 Å². The van der Waals surface area contributed by atoms with E-state index >= 15 is 0 Å². The average Bonchev–Trinajstić information content (AvgIpc) is 3.04. The molecule has 0 spiro atoms. The Labute approximate surface area is 121 Å². The van der Waals surface area contributed by atoms with Crippen molar-refractivity contribution in [3.05, 3.63) is 35.1 Å². The molecule has 0 fully saturated rings. The van der Waals surface area contributed by atoms with E-state index in [0.717, 1.165) is 0 Å². The van der Waals surface area contributed by atoms with Crippen LogP contribution < -0.4 is 5.32 Å². The maximum absolute atomic E-state index is 12.0. The quantitative estimate of drug-likeness (QED) is 0.844. The third kappa shape index (κ3) is 3.37. The van der Waals surface area contributed by atoms with Gasteiger partial charge in [-0.05, 0) is 13.0 Å². The van der Waals surface area contributed by atoms with Gasteiger partial charge in [-0.2, -0.15) is 0 Å². The number of amides is 1. The molecule has 108 valence electrons. The molecular weight excluding hydrogens is 282 g/mol. The minimum absolute atomic E-state index is 0.245. The minimum atomic E-state index is -0.274. The van der Waals surface area contributed by atoms with Gasteiger partial charge in [0.15, 0.2) is 5.82 Å². The Kier molecular flexibility index (Phi) is 4.75. The van der Waals surface area contributed by atoms with Crippen molar-refractivity contribution in [2.75, 3.05) is 13.7 Å². The zero-order valence-corrected chi connectivity index (χ0v) is 12.0. The van der Waals surface area contributed by atoms with Crippen molar-refractivity contribution in [2.45, 2.75) is 19.5 Å². The number of halogens is 1. The summed E-state index contributed by atoms with van der Waals surface area (Å²) in [6.45, 7) is 3.03. The van der Waals surface area contributed by atoms with Gasteiger partial charge in [-0.3, -0.25) is 4.79 Å². The van der Waals surface area contributed by atoms with E-state index < -0.39 is 0 Å². The van der Waals surface area contributed by atoms with Crippen LogP contribution >= 0.6 is 11.6 Å². The summed E-state index contributed by atoms with van der Waals surface area (Å²) < 4.78 is 6.86. The second kappa shape index (κ2) is 6.53. The number of hydrogen-bond acceptors (Lipinski definition) is 4. The lowest BCUT2D eigenvalue weighted by atomic mass is 10.3. The van der Waals surface area contributed by atoms with Crippen molar-refractivity contribution in [1.29, 1.82) is 0 Å². The number of carbonyl (C=O) groups is 1. The van der Waals surface area contributed by atoms with Gasteiger partial charge in [-0.15, -0.1) is 10.2 Å². The molecule has 0 unspecified atom stereocenters. The number of H-pyrrole nitrogens is 1. The molecule has 0 saturated heterocycles. The van der Waals surface area contributed by atoms with Crippen LogP contribution in [-0.2, 0) is 11.3 Å². The first-order valence-corrected chi connectivity index (χ1v) is 6.51. The standard InChI is InChI=1S/C12H16ClN5O2/c1-8(11-17-15-7-18(11)3-4-20-2)16-12(19)10-5-9(13)6-14-10/h5-8,14H,3-4H2,1-2H3,(H,16,19)/t8-/m1/s1. The summed E-state index contributed by atoms with van der Waals surface area (Å²) in [5.74, 6) is 0.429. The molecule has 0 radical (unpaired) electrons. The summed E-state index contributed by atoms with van der Waals surface area (Å²) in [6, 6.07) is 1.29. The topological polar surface area (TPSA) is 84.8 Å². The molecule has 0 aliphatic rings. The first-order chi connectivity index (χ1) is 9.61. The molecule has 0 aliphatic heterocycles. The number of hydrogen-bond donors (Lipinski definition) is 2. The lowest BCUT2D eigenvalue weighted by Crippen LogP contribution is -2.29. The van der Waals surface area contributed by atoms with Crippen molar-refractivity contribution in [2.24, 2.45) is 0 Å². The monoisotopic (exact) mass is 297 g/mol. The van der Waals surface area contributed by atoms with Gasteiger partial charge in [0.25, 0.3) is 5.91 Å². The number of methoxy groups -OCH3 is 1. The SMILES string of the molecule is COCCn1cnnc1[C@@H](C)NC(=O)c1cc(Cl)c[nH]1. The van der Waals surface area contributed by atoms with Gasteiger partial charge in [0.1, 0.15) is 12.0 Å². The summed E-state index contributed by atoms with van der Waals surface area (Å²) in [5, 5.41) is 11.2. The van der Waals surface area contributed by atoms with Crippen molar-refractivity contribution in [3.63, 3.8) is 0 Å². The largest absolute Gasteiger partial charge is 0.383 e. The van der Waals surface area contributed by atoms with Crippen LogP contribution in [0.3, 0.4) is 0 Å². The van der Waals surface area contributed by atoms with E-state index in [1.54, 1.807) is 25.7 Å². The Morgan fingerprint density at radius 2 is 2.45 bits per heavy atom. The lowest BCUT2D eigenvalue weighted by Gasteiger charge is -2.14. The zero-order chi connectivity index (χ0) is 14.5. The Morgan fingerprint density at radius 1 is 1.65 bits per heavy atom. The first-order valence-electron chi connectivity index (χ1n) is 6.13. The molecule has 20 heavy (non-hydrogen) atoms. The molecule has 2 rings (SSSR count). The van der Waals surface area contributed by atoms with Gasteiger partial charge in [-0.25, -0.2) is 0 Å². The van der Waals surface area contributed by atoms with Crippen LogP contribution in [-0.4, -0.2) is 39.4 Å². The van der Waals surface area contributed by atoms with E-state index in [2.05, 4.69) is 20.5 Å². The van der Waals surface area contributed by atoms with Gasteiger partial charge in [0.2, 0.25) is 0 Å². The second-order valence-electron chi connectivity index (χ2n) is 4.30. The molecule has 0 saturated carbocycles. The third-order valence-electron chi connectivity index (χ3n) is 2.81. The summed E-state index contributed by atoms with van der Waals surface area (Å²) in [6.07, 6.45) is 3.17. The molecule has 2 N–H and O–H groups in total. The average molecular weight is 298 g/mol. The van der Waals surface area contributed by atoms with Crippen LogP contribution in [0, 0.1) is 0 Å². The molecule has 2 aromatic rings. The molecule has 8 heteroatoms. The maximum Gasteiger partial charge on any atom is 0.268 e. The fraction of sp³-hybridized carbons (Fsp3) is 0.417. The molecule has 2 heterocycles. The maximum atomic E-state index is 12.0. The minimum Gasteiger partial charge on any atom is -0.383 e. The molecule has 0 bridgehead atoms.